The summed E-state index contributed by atoms with van der Waals surface area (Å²) < 4.78 is 1.60. The molecule has 0 aromatic carbocycles. The number of hydrogen-bond donors (Lipinski definition) is 1. The first-order valence-electron chi connectivity index (χ1n) is 4.03. The van der Waals surface area contributed by atoms with Crippen molar-refractivity contribution >= 4 is 11.3 Å². The van der Waals surface area contributed by atoms with Gasteiger partial charge in [0.15, 0.2) is 0 Å². The predicted molar refractivity (Wildman–Crippen MR) is 49.7 cm³/mol. The van der Waals surface area contributed by atoms with Crippen LogP contribution >= 0.6 is 0 Å². The van der Waals surface area contributed by atoms with Crippen molar-refractivity contribution < 1.29 is 4.92 Å². The van der Waals surface area contributed by atoms with Gasteiger partial charge in [0, 0.05) is 18.8 Å². The second-order valence-electron chi connectivity index (χ2n) is 2.85. The average Bonchev–Trinajstić information content (AvgIpc) is 2.58. The third-order valence-electron chi connectivity index (χ3n) is 1.91. The minimum absolute atomic E-state index is 0.0403. The predicted octanol–water partition coefficient (Wildman–Crippen LogP) is 0.701. The van der Waals surface area contributed by atoms with Gasteiger partial charge in [-0.05, 0) is 6.07 Å². The van der Waals surface area contributed by atoms with Gasteiger partial charge in [0.2, 0.25) is 0 Å². The first kappa shape index (κ1) is 8.64. The van der Waals surface area contributed by atoms with Crippen LogP contribution in [0.3, 0.4) is 0 Å². The van der Waals surface area contributed by atoms with Crippen molar-refractivity contribution in [3.8, 4) is 0 Å². The lowest BCUT2D eigenvalue weighted by Gasteiger charge is -1.92. The summed E-state index contributed by atoms with van der Waals surface area (Å²) in [5.41, 5.74) is 6.82. The van der Waals surface area contributed by atoms with Crippen LogP contribution in [0.2, 0.25) is 0 Å². The van der Waals surface area contributed by atoms with Crippen molar-refractivity contribution in [3.05, 3.63) is 40.3 Å². The molecule has 0 unspecified atom stereocenters. The van der Waals surface area contributed by atoms with E-state index < -0.39 is 4.92 Å². The summed E-state index contributed by atoms with van der Waals surface area (Å²) >= 11 is 0. The Morgan fingerprint density at radius 3 is 2.93 bits per heavy atom. The molecule has 6 heteroatoms. The van der Waals surface area contributed by atoms with E-state index in [4.69, 9.17) is 5.73 Å². The maximum Gasteiger partial charge on any atom is 0.286 e. The van der Waals surface area contributed by atoms with Gasteiger partial charge < -0.3 is 5.73 Å². The van der Waals surface area contributed by atoms with E-state index in [-0.39, 0.29) is 5.69 Å². The van der Waals surface area contributed by atoms with Gasteiger partial charge in [0.05, 0.1) is 16.8 Å². The summed E-state index contributed by atoms with van der Waals surface area (Å²) in [4.78, 5) is 14.2. The zero-order chi connectivity index (χ0) is 10.1. The molecule has 6 nitrogen and oxygen atoms in total. The zero-order valence-electron chi connectivity index (χ0n) is 7.25. The summed E-state index contributed by atoms with van der Waals surface area (Å²) in [7, 11) is 0. The molecule has 2 rings (SSSR count). The Kier molecular flexibility index (Phi) is 1.90. The van der Waals surface area contributed by atoms with Crippen molar-refractivity contribution in [1.29, 1.82) is 0 Å². The Morgan fingerprint density at radius 1 is 1.50 bits per heavy atom. The lowest BCUT2D eigenvalue weighted by atomic mass is 10.4. The molecular formula is C8H8N4O2. The van der Waals surface area contributed by atoms with E-state index in [0.717, 1.165) is 0 Å². The van der Waals surface area contributed by atoms with Crippen LogP contribution in [0.25, 0.3) is 5.65 Å². The number of nitrogens with zero attached hydrogens (tertiary/aromatic N) is 3. The van der Waals surface area contributed by atoms with Crippen LogP contribution in [0.15, 0.2) is 24.5 Å². The topological polar surface area (TPSA) is 86.5 Å². The summed E-state index contributed by atoms with van der Waals surface area (Å²) in [5.74, 6) is 0. The molecule has 2 aromatic rings. The second-order valence-corrected chi connectivity index (χ2v) is 2.85. The molecule has 0 aliphatic heterocycles. The Balaban J connectivity index is 2.59. The highest BCUT2D eigenvalue weighted by Crippen LogP contribution is 2.13. The molecule has 2 N–H and O–H groups in total. The minimum Gasteiger partial charge on any atom is -0.325 e. The van der Waals surface area contributed by atoms with Gasteiger partial charge >= 0.3 is 0 Å². The van der Waals surface area contributed by atoms with Crippen LogP contribution < -0.4 is 5.73 Å². The number of fused-ring (bicyclic) bond motifs is 1. The molecule has 0 aliphatic carbocycles. The number of hydrogen-bond acceptors (Lipinski definition) is 4. The van der Waals surface area contributed by atoms with E-state index >= 15 is 0 Å². The first-order valence-corrected chi connectivity index (χ1v) is 4.03. The number of nitrogens with two attached hydrogens (primary N) is 1. The molecule has 0 saturated heterocycles. The van der Waals surface area contributed by atoms with E-state index in [1.807, 2.05) is 0 Å². The maximum absolute atomic E-state index is 10.5. The highest BCUT2D eigenvalue weighted by molar-refractivity contribution is 5.45. The van der Waals surface area contributed by atoms with Crippen LogP contribution in [-0.4, -0.2) is 14.3 Å². The van der Waals surface area contributed by atoms with Crippen LogP contribution in [0, 0.1) is 10.1 Å². The highest BCUT2D eigenvalue weighted by Gasteiger charge is 2.07. The van der Waals surface area contributed by atoms with Crippen LogP contribution in [0.1, 0.15) is 5.69 Å². The summed E-state index contributed by atoms with van der Waals surface area (Å²) in [6.07, 6.45) is 3.10. The van der Waals surface area contributed by atoms with Gasteiger partial charge in [-0.25, -0.2) is 4.98 Å². The number of rotatable bonds is 2. The van der Waals surface area contributed by atoms with E-state index in [1.165, 1.54) is 12.3 Å². The van der Waals surface area contributed by atoms with Crippen molar-refractivity contribution in [1.82, 2.24) is 9.38 Å². The van der Waals surface area contributed by atoms with Gasteiger partial charge in [-0.2, -0.15) is 0 Å². The Morgan fingerprint density at radius 2 is 2.29 bits per heavy atom. The molecule has 0 radical (unpaired) electrons. The number of nitro groups is 1. The van der Waals surface area contributed by atoms with Gasteiger partial charge in [-0.3, -0.25) is 14.5 Å². The van der Waals surface area contributed by atoms with Gasteiger partial charge in [0.25, 0.3) is 5.69 Å². The van der Waals surface area contributed by atoms with Crippen molar-refractivity contribution in [3.63, 3.8) is 0 Å². The molecule has 0 saturated carbocycles. The fraction of sp³-hybridized carbons (Fsp3) is 0.125. The molecule has 2 heterocycles. The van der Waals surface area contributed by atoms with Crippen LogP contribution in [0.5, 0.6) is 0 Å². The smallest absolute Gasteiger partial charge is 0.286 e. The maximum atomic E-state index is 10.5. The largest absolute Gasteiger partial charge is 0.325 e. The zero-order valence-corrected chi connectivity index (χ0v) is 7.25. The molecule has 0 spiro atoms. The fourth-order valence-electron chi connectivity index (χ4n) is 1.24. The van der Waals surface area contributed by atoms with Crippen molar-refractivity contribution in [2.75, 3.05) is 0 Å². The average molecular weight is 192 g/mol. The highest BCUT2D eigenvalue weighted by atomic mass is 16.6. The number of imidazole rings is 1. The molecule has 0 amide bonds. The van der Waals surface area contributed by atoms with Crippen LogP contribution in [-0.2, 0) is 6.54 Å². The van der Waals surface area contributed by atoms with E-state index in [9.17, 15) is 10.1 Å². The van der Waals surface area contributed by atoms with Crippen LogP contribution in [0.4, 0.5) is 5.69 Å². The summed E-state index contributed by atoms with van der Waals surface area (Å²) in [5, 5.41) is 10.5. The molecule has 0 atom stereocenters. The van der Waals surface area contributed by atoms with E-state index in [0.29, 0.717) is 17.9 Å². The number of pyridine rings is 1. The molecule has 0 aliphatic rings. The molecule has 0 fully saturated rings. The molecule has 2 aromatic heterocycles. The SMILES string of the molecule is NCc1cn2cc([N+](=O)[O-])ccc2n1. The Hall–Kier alpha value is -1.95. The molecule has 72 valence electrons. The molecule has 0 bridgehead atoms. The molecule has 14 heavy (non-hydrogen) atoms. The van der Waals surface area contributed by atoms with Gasteiger partial charge in [-0.15, -0.1) is 0 Å². The third-order valence-corrected chi connectivity index (χ3v) is 1.91. The minimum atomic E-state index is -0.443. The van der Waals surface area contributed by atoms with Crippen molar-refractivity contribution in [2.24, 2.45) is 5.73 Å². The quantitative estimate of drug-likeness (QED) is 0.560. The standard InChI is InChI=1S/C8H8N4O2/c9-3-6-4-11-5-7(12(13)14)1-2-8(11)10-6/h1-2,4-5H,3,9H2. The summed E-state index contributed by atoms with van der Waals surface area (Å²) in [6, 6.07) is 3.01. The Bertz CT molecular complexity index is 491. The van der Waals surface area contributed by atoms with Gasteiger partial charge in [-0.1, -0.05) is 0 Å². The van der Waals surface area contributed by atoms with E-state index in [2.05, 4.69) is 4.98 Å². The van der Waals surface area contributed by atoms with Gasteiger partial charge in [0.1, 0.15) is 5.65 Å². The third kappa shape index (κ3) is 1.31. The van der Waals surface area contributed by atoms with E-state index in [1.54, 1.807) is 16.7 Å². The first-order chi connectivity index (χ1) is 6.70. The van der Waals surface area contributed by atoms with Crippen molar-refractivity contribution in [2.45, 2.75) is 6.54 Å². The normalized spacial score (nSPS) is 10.6. The number of aromatic nitrogens is 2. The Labute approximate surface area is 79.1 Å². The lowest BCUT2D eigenvalue weighted by molar-refractivity contribution is -0.385. The lowest BCUT2D eigenvalue weighted by Crippen LogP contribution is -1.95. The second kappa shape index (κ2) is 3.08. The molecular weight excluding hydrogens is 184 g/mol. The monoisotopic (exact) mass is 192 g/mol. The summed E-state index contributed by atoms with van der Waals surface area (Å²) in [6.45, 7) is 0.329. The fourth-order valence-corrected chi connectivity index (χ4v) is 1.24.